The Morgan fingerprint density at radius 2 is 1.84 bits per heavy atom. The topological polar surface area (TPSA) is 48.9 Å². The molecule has 0 amide bonds. The lowest BCUT2D eigenvalue weighted by molar-refractivity contribution is 0.272. The van der Waals surface area contributed by atoms with Crippen LogP contribution in [-0.4, -0.2) is 15.1 Å². The maximum absolute atomic E-state index is 9.02. The molecule has 2 N–H and O–H groups in total. The van der Waals surface area contributed by atoms with Gasteiger partial charge < -0.3 is 10.1 Å². The van der Waals surface area contributed by atoms with E-state index in [1.54, 1.807) is 6.20 Å². The van der Waals surface area contributed by atoms with Gasteiger partial charge in [0.25, 0.3) is 0 Å². The van der Waals surface area contributed by atoms with Crippen LogP contribution in [0.4, 0.5) is 0 Å². The Balaban J connectivity index is 1.78. The Morgan fingerprint density at radius 1 is 1.11 bits per heavy atom. The molecule has 0 spiro atoms. The molecule has 1 aliphatic carbocycles. The van der Waals surface area contributed by atoms with Gasteiger partial charge in [0, 0.05) is 0 Å². The lowest BCUT2D eigenvalue weighted by atomic mass is 9.84. The Kier molecular flexibility index (Phi) is 3.65. The average molecular weight is 256 g/mol. The number of aromatic amines is 1. The number of H-pyrrole nitrogens is 1. The van der Waals surface area contributed by atoms with Crippen molar-refractivity contribution >= 4 is 0 Å². The molecule has 0 bridgehead atoms. The van der Waals surface area contributed by atoms with E-state index >= 15 is 0 Å². The molecule has 0 saturated heterocycles. The first-order valence-electron chi connectivity index (χ1n) is 7.12. The highest BCUT2D eigenvalue weighted by atomic mass is 16.3. The number of benzene rings is 1. The van der Waals surface area contributed by atoms with Crippen LogP contribution in [-0.2, 0) is 6.61 Å². The number of aliphatic hydroxyl groups is 1. The van der Waals surface area contributed by atoms with Crippen LogP contribution in [0.5, 0.6) is 0 Å². The van der Waals surface area contributed by atoms with Crippen molar-refractivity contribution in [3.63, 3.8) is 0 Å². The highest BCUT2D eigenvalue weighted by Gasteiger charge is 2.15. The predicted octanol–water partition coefficient (Wildman–Crippen LogP) is 3.62. The SMILES string of the molecule is OCc1ncc(-c2ccc(C3CCCCC3)cc2)[nH]1. The van der Waals surface area contributed by atoms with Gasteiger partial charge in [-0.25, -0.2) is 4.98 Å². The molecule has 1 fully saturated rings. The number of nitrogens with one attached hydrogen (secondary N) is 1. The van der Waals surface area contributed by atoms with Crippen molar-refractivity contribution in [2.24, 2.45) is 0 Å². The van der Waals surface area contributed by atoms with Gasteiger partial charge >= 0.3 is 0 Å². The molecule has 1 aliphatic rings. The average Bonchev–Trinajstić information content (AvgIpc) is 2.97. The fourth-order valence-electron chi connectivity index (χ4n) is 2.96. The van der Waals surface area contributed by atoms with Crippen LogP contribution in [0.2, 0.25) is 0 Å². The molecule has 0 atom stereocenters. The molecule has 2 aromatic rings. The van der Waals surface area contributed by atoms with Crippen molar-refractivity contribution in [2.75, 3.05) is 0 Å². The second kappa shape index (κ2) is 5.57. The minimum atomic E-state index is -0.0415. The van der Waals surface area contributed by atoms with Crippen LogP contribution in [0.25, 0.3) is 11.3 Å². The zero-order chi connectivity index (χ0) is 13.1. The van der Waals surface area contributed by atoms with Crippen LogP contribution < -0.4 is 0 Å². The molecule has 0 unspecified atom stereocenters. The zero-order valence-electron chi connectivity index (χ0n) is 11.1. The second-order valence-corrected chi connectivity index (χ2v) is 5.36. The maximum Gasteiger partial charge on any atom is 0.132 e. The third kappa shape index (κ3) is 2.71. The van der Waals surface area contributed by atoms with Gasteiger partial charge in [-0.05, 0) is 29.9 Å². The number of nitrogens with zero attached hydrogens (tertiary/aromatic N) is 1. The van der Waals surface area contributed by atoms with Gasteiger partial charge in [-0.1, -0.05) is 43.5 Å². The third-order valence-electron chi connectivity index (χ3n) is 4.08. The van der Waals surface area contributed by atoms with Crippen LogP contribution in [0.1, 0.15) is 49.4 Å². The van der Waals surface area contributed by atoms with E-state index in [0.717, 1.165) is 17.2 Å². The summed E-state index contributed by atoms with van der Waals surface area (Å²) >= 11 is 0. The van der Waals surface area contributed by atoms with E-state index in [1.165, 1.54) is 37.7 Å². The molecular weight excluding hydrogens is 236 g/mol. The smallest absolute Gasteiger partial charge is 0.132 e. The molecule has 0 radical (unpaired) electrons. The third-order valence-corrected chi connectivity index (χ3v) is 4.08. The zero-order valence-corrected chi connectivity index (χ0v) is 11.1. The molecule has 3 rings (SSSR count). The number of aliphatic hydroxyl groups excluding tert-OH is 1. The Bertz CT molecular complexity index is 524. The standard InChI is InChI=1S/C16H20N2O/c19-11-16-17-10-15(18-16)14-8-6-13(7-9-14)12-4-2-1-3-5-12/h6-10,12,19H,1-5,11H2,(H,17,18). The van der Waals surface area contributed by atoms with Gasteiger partial charge in [-0.3, -0.25) is 0 Å². The number of hydrogen-bond acceptors (Lipinski definition) is 2. The van der Waals surface area contributed by atoms with Crippen molar-refractivity contribution < 1.29 is 5.11 Å². The summed E-state index contributed by atoms with van der Waals surface area (Å²) < 4.78 is 0. The predicted molar refractivity (Wildman–Crippen MR) is 75.8 cm³/mol. The highest BCUT2D eigenvalue weighted by Crippen LogP contribution is 2.33. The highest BCUT2D eigenvalue weighted by molar-refractivity contribution is 5.59. The number of rotatable bonds is 3. The van der Waals surface area contributed by atoms with Gasteiger partial charge in [0.05, 0.1) is 11.9 Å². The minimum absolute atomic E-state index is 0.0415. The van der Waals surface area contributed by atoms with Crippen LogP contribution in [0.3, 0.4) is 0 Å². The fourth-order valence-corrected chi connectivity index (χ4v) is 2.96. The monoisotopic (exact) mass is 256 g/mol. The summed E-state index contributed by atoms with van der Waals surface area (Å²) in [5.41, 5.74) is 3.57. The Hall–Kier alpha value is -1.61. The minimum Gasteiger partial charge on any atom is -0.388 e. The molecule has 3 heteroatoms. The quantitative estimate of drug-likeness (QED) is 0.881. The van der Waals surface area contributed by atoms with E-state index in [1.807, 2.05) is 0 Å². The summed E-state index contributed by atoms with van der Waals surface area (Å²) in [6.07, 6.45) is 8.57. The summed E-state index contributed by atoms with van der Waals surface area (Å²) in [5, 5.41) is 9.02. The lowest BCUT2D eigenvalue weighted by Crippen LogP contribution is -2.04. The van der Waals surface area contributed by atoms with E-state index < -0.39 is 0 Å². The van der Waals surface area contributed by atoms with Gasteiger partial charge in [-0.15, -0.1) is 0 Å². The first-order valence-corrected chi connectivity index (χ1v) is 7.12. The van der Waals surface area contributed by atoms with E-state index in [4.69, 9.17) is 5.11 Å². The molecule has 1 saturated carbocycles. The van der Waals surface area contributed by atoms with Crippen molar-refractivity contribution in [3.05, 3.63) is 41.9 Å². The Labute approximate surface area is 113 Å². The van der Waals surface area contributed by atoms with Crippen molar-refractivity contribution in [2.45, 2.75) is 44.6 Å². The molecule has 3 nitrogen and oxygen atoms in total. The van der Waals surface area contributed by atoms with E-state index in [0.29, 0.717) is 5.82 Å². The Morgan fingerprint density at radius 3 is 2.47 bits per heavy atom. The van der Waals surface area contributed by atoms with Crippen molar-refractivity contribution in [1.82, 2.24) is 9.97 Å². The molecule has 1 heterocycles. The fraction of sp³-hybridized carbons (Fsp3) is 0.438. The summed E-state index contributed by atoms with van der Waals surface area (Å²) in [7, 11) is 0. The number of hydrogen-bond donors (Lipinski definition) is 2. The van der Waals surface area contributed by atoms with Crippen LogP contribution >= 0.6 is 0 Å². The summed E-state index contributed by atoms with van der Waals surface area (Å²) in [4.78, 5) is 7.23. The molecule has 19 heavy (non-hydrogen) atoms. The van der Waals surface area contributed by atoms with Gasteiger partial charge in [0.2, 0.25) is 0 Å². The van der Waals surface area contributed by atoms with E-state index in [9.17, 15) is 0 Å². The molecule has 1 aromatic carbocycles. The number of imidazole rings is 1. The van der Waals surface area contributed by atoms with Gasteiger partial charge in [-0.2, -0.15) is 0 Å². The normalized spacial score (nSPS) is 16.7. The first-order chi connectivity index (χ1) is 9.36. The molecular formula is C16H20N2O. The first kappa shape index (κ1) is 12.4. The molecule has 100 valence electrons. The van der Waals surface area contributed by atoms with Gasteiger partial charge in [0.15, 0.2) is 0 Å². The van der Waals surface area contributed by atoms with Crippen molar-refractivity contribution in [3.8, 4) is 11.3 Å². The van der Waals surface area contributed by atoms with Gasteiger partial charge in [0.1, 0.15) is 12.4 Å². The van der Waals surface area contributed by atoms with E-state index in [-0.39, 0.29) is 6.61 Å². The van der Waals surface area contributed by atoms with E-state index in [2.05, 4.69) is 34.2 Å². The maximum atomic E-state index is 9.02. The number of aromatic nitrogens is 2. The molecule has 1 aromatic heterocycles. The van der Waals surface area contributed by atoms with Crippen LogP contribution in [0.15, 0.2) is 30.5 Å². The largest absolute Gasteiger partial charge is 0.388 e. The van der Waals surface area contributed by atoms with Crippen LogP contribution in [0, 0.1) is 0 Å². The second-order valence-electron chi connectivity index (χ2n) is 5.36. The summed E-state index contributed by atoms with van der Waals surface area (Å²) in [6.45, 7) is -0.0415. The summed E-state index contributed by atoms with van der Waals surface area (Å²) in [5.74, 6) is 1.36. The lowest BCUT2D eigenvalue weighted by Gasteiger charge is -2.22. The van der Waals surface area contributed by atoms with Crippen molar-refractivity contribution in [1.29, 1.82) is 0 Å². The summed E-state index contributed by atoms with van der Waals surface area (Å²) in [6, 6.07) is 8.78. The molecule has 0 aliphatic heterocycles.